The van der Waals surface area contributed by atoms with E-state index in [0.717, 1.165) is 24.9 Å². The number of nitrogens with zero attached hydrogens (tertiary/aromatic N) is 1. The summed E-state index contributed by atoms with van der Waals surface area (Å²) in [5, 5.41) is 13.2. The molecule has 4 heteroatoms. The lowest BCUT2D eigenvalue weighted by atomic mass is 9.87. The predicted molar refractivity (Wildman–Crippen MR) is 78.2 cm³/mol. The molecular weight excluding hydrogens is 252 g/mol. The maximum atomic E-state index is 9.71. The lowest BCUT2D eigenvalue weighted by Gasteiger charge is -2.27. The third-order valence-corrected chi connectivity index (χ3v) is 3.74. The fourth-order valence-electron chi connectivity index (χ4n) is 2.79. The standard InChI is InChI=1S/C16H18N2O2/c1-20-16-15(6-3-9-17-16)18-14-5-2-4-11-7-8-12(19)10-13(11)14/h3,6-10,14,18-19H,2,4-5H2,1H3. The molecule has 0 radical (unpaired) electrons. The molecule has 0 saturated heterocycles. The lowest BCUT2D eigenvalue weighted by molar-refractivity contribution is 0.399. The molecule has 1 atom stereocenters. The summed E-state index contributed by atoms with van der Waals surface area (Å²) in [7, 11) is 1.62. The molecule has 1 aliphatic carbocycles. The number of hydrogen-bond donors (Lipinski definition) is 2. The molecule has 0 spiro atoms. The second-order valence-electron chi connectivity index (χ2n) is 5.03. The van der Waals surface area contributed by atoms with Crippen molar-refractivity contribution in [3.63, 3.8) is 0 Å². The molecule has 1 aromatic heterocycles. The van der Waals surface area contributed by atoms with Gasteiger partial charge in [0.15, 0.2) is 0 Å². The quantitative estimate of drug-likeness (QED) is 0.898. The number of fused-ring (bicyclic) bond motifs is 1. The van der Waals surface area contributed by atoms with E-state index in [2.05, 4.69) is 10.3 Å². The first-order valence-electron chi connectivity index (χ1n) is 6.85. The molecule has 20 heavy (non-hydrogen) atoms. The molecule has 2 N–H and O–H groups in total. The normalized spacial score (nSPS) is 17.4. The van der Waals surface area contributed by atoms with Crippen LogP contribution in [0.25, 0.3) is 0 Å². The number of aromatic nitrogens is 1. The average Bonchev–Trinajstić information content (AvgIpc) is 2.48. The fourth-order valence-corrected chi connectivity index (χ4v) is 2.79. The molecule has 2 aromatic rings. The third kappa shape index (κ3) is 2.41. The number of rotatable bonds is 3. The molecule has 0 bridgehead atoms. The second-order valence-corrected chi connectivity index (χ2v) is 5.03. The summed E-state index contributed by atoms with van der Waals surface area (Å²) in [6.45, 7) is 0. The summed E-state index contributed by atoms with van der Waals surface area (Å²) >= 11 is 0. The molecule has 0 aliphatic heterocycles. The van der Waals surface area contributed by atoms with Crippen LogP contribution in [0.15, 0.2) is 36.5 Å². The first kappa shape index (κ1) is 12.8. The Morgan fingerprint density at radius 3 is 3.10 bits per heavy atom. The number of ether oxygens (including phenoxy) is 1. The number of aromatic hydroxyl groups is 1. The van der Waals surface area contributed by atoms with Crippen molar-refractivity contribution in [2.45, 2.75) is 25.3 Å². The fraction of sp³-hybridized carbons (Fsp3) is 0.312. The van der Waals surface area contributed by atoms with Crippen LogP contribution >= 0.6 is 0 Å². The zero-order chi connectivity index (χ0) is 13.9. The number of pyridine rings is 1. The molecule has 104 valence electrons. The van der Waals surface area contributed by atoms with Crippen LogP contribution in [-0.4, -0.2) is 17.2 Å². The topological polar surface area (TPSA) is 54.4 Å². The molecule has 1 unspecified atom stereocenters. The number of phenols is 1. The molecule has 1 aliphatic rings. The van der Waals surface area contributed by atoms with Crippen LogP contribution in [0.3, 0.4) is 0 Å². The van der Waals surface area contributed by atoms with Crippen molar-refractivity contribution in [1.82, 2.24) is 4.98 Å². The highest BCUT2D eigenvalue weighted by molar-refractivity contribution is 5.54. The Kier molecular flexibility index (Phi) is 3.46. The Labute approximate surface area is 118 Å². The van der Waals surface area contributed by atoms with Crippen LogP contribution in [0.2, 0.25) is 0 Å². The van der Waals surface area contributed by atoms with Gasteiger partial charge in [0.25, 0.3) is 0 Å². The van der Waals surface area contributed by atoms with E-state index < -0.39 is 0 Å². The largest absolute Gasteiger partial charge is 0.508 e. The van der Waals surface area contributed by atoms with Crippen LogP contribution in [0.4, 0.5) is 5.69 Å². The van der Waals surface area contributed by atoms with E-state index in [1.54, 1.807) is 19.4 Å². The second kappa shape index (κ2) is 5.41. The summed E-state index contributed by atoms with van der Waals surface area (Å²) in [4.78, 5) is 4.20. The summed E-state index contributed by atoms with van der Waals surface area (Å²) in [5.41, 5.74) is 3.35. The Hall–Kier alpha value is -2.23. The van der Waals surface area contributed by atoms with Crippen LogP contribution in [0, 0.1) is 0 Å². The molecular formula is C16H18N2O2. The Bertz CT molecular complexity index is 613. The van der Waals surface area contributed by atoms with Crippen molar-refractivity contribution in [2.24, 2.45) is 0 Å². The van der Waals surface area contributed by atoms with Gasteiger partial charge in [-0.25, -0.2) is 4.98 Å². The zero-order valence-corrected chi connectivity index (χ0v) is 11.5. The SMILES string of the molecule is COc1ncccc1NC1CCCc2ccc(O)cc21. The maximum absolute atomic E-state index is 9.71. The van der Waals surface area contributed by atoms with Crippen LogP contribution in [-0.2, 0) is 6.42 Å². The monoisotopic (exact) mass is 270 g/mol. The Morgan fingerprint density at radius 2 is 2.25 bits per heavy atom. The molecule has 0 amide bonds. The van der Waals surface area contributed by atoms with Gasteiger partial charge in [0.1, 0.15) is 5.75 Å². The van der Waals surface area contributed by atoms with Gasteiger partial charge >= 0.3 is 0 Å². The van der Waals surface area contributed by atoms with Gasteiger partial charge in [0, 0.05) is 6.20 Å². The van der Waals surface area contributed by atoms with E-state index in [1.807, 2.05) is 24.3 Å². The van der Waals surface area contributed by atoms with Crippen LogP contribution in [0.1, 0.15) is 30.0 Å². The van der Waals surface area contributed by atoms with Crippen molar-refractivity contribution in [2.75, 3.05) is 12.4 Å². The summed E-state index contributed by atoms with van der Waals surface area (Å²) in [6, 6.07) is 9.66. The van der Waals surface area contributed by atoms with Gasteiger partial charge in [-0.2, -0.15) is 0 Å². The molecule has 4 nitrogen and oxygen atoms in total. The van der Waals surface area contributed by atoms with Gasteiger partial charge in [0.2, 0.25) is 5.88 Å². The first-order chi connectivity index (χ1) is 9.78. The lowest BCUT2D eigenvalue weighted by Crippen LogP contribution is -2.17. The number of phenolic OH excluding ortho intramolecular Hbond substituents is 1. The van der Waals surface area contributed by atoms with Gasteiger partial charge in [-0.05, 0) is 54.7 Å². The number of hydrogen-bond acceptors (Lipinski definition) is 4. The van der Waals surface area contributed by atoms with Crippen molar-refractivity contribution < 1.29 is 9.84 Å². The third-order valence-electron chi connectivity index (χ3n) is 3.74. The van der Waals surface area contributed by atoms with E-state index in [9.17, 15) is 5.11 Å². The number of anilines is 1. The Balaban J connectivity index is 1.91. The maximum Gasteiger partial charge on any atom is 0.237 e. The van der Waals surface area contributed by atoms with Gasteiger partial charge in [-0.15, -0.1) is 0 Å². The average molecular weight is 270 g/mol. The smallest absolute Gasteiger partial charge is 0.237 e. The summed E-state index contributed by atoms with van der Waals surface area (Å²) in [6.07, 6.45) is 4.95. The highest BCUT2D eigenvalue weighted by Gasteiger charge is 2.21. The van der Waals surface area contributed by atoms with E-state index in [1.165, 1.54) is 11.1 Å². The molecule has 1 aromatic carbocycles. The van der Waals surface area contributed by atoms with Crippen LogP contribution in [0.5, 0.6) is 11.6 Å². The first-order valence-corrected chi connectivity index (χ1v) is 6.85. The van der Waals surface area contributed by atoms with Crippen molar-refractivity contribution in [3.05, 3.63) is 47.7 Å². The number of methoxy groups -OCH3 is 1. The molecule has 0 saturated carbocycles. The van der Waals surface area contributed by atoms with Gasteiger partial charge in [-0.1, -0.05) is 6.07 Å². The molecule has 3 rings (SSSR count). The number of aryl methyl sites for hydroxylation is 1. The minimum absolute atomic E-state index is 0.184. The predicted octanol–water partition coefficient (Wildman–Crippen LogP) is 3.29. The molecule has 0 fully saturated rings. The highest BCUT2D eigenvalue weighted by atomic mass is 16.5. The highest BCUT2D eigenvalue weighted by Crippen LogP contribution is 2.36. The van der Waals surface area contributed by atoms with E-state index in [0.29, 0.717) is 11.6 Å². The van der Waals surface area contributed by atoms with Gasteiger partial charge in [0.05, 0.1) is 18.8 Å². The van der Waals surface area contributed by atoms with E-state index >= 15 is 0 Å². The molecule has 1 heterocycles. The van der Waals surface area contributed by atoms with E-state index in [-0.39, 0.29) is 6.04 Å². The van der Waals surface area contributed by atoms with E-state index in [4.69, 9.17) is 4.74 Å². The van der Waals surface area contributed by atoms with Crippen LogP contribution < -0.4 is 10.1 Å². The number of benzene rings is 1. The minimum atomic E-state index is 0.184. The van der Waals surface area contributed by atoms with Gasteiger partial charge < -0.3 is 15.2 Å². The van der Waals surface area contributed by atoms with Gasteiger partial charge in [-0.3, -0.25) is 0 Å². The van der Waals surface area contributed by atoms with Crippen molar-refractivity contribution >= 4 is 5.69 Å². The summed E-state index contributed by atoms with van der Waals surface area (Å²) < 4.78 is 5.28. The Morgan fingerprint density at radius 1 is 1.35 bits per heavy atom. The van der Waals surface area contributed by atoms with Crippen molar-refractivity contribution in [3.8, 4) is 11.6 Å². The number of nitrogens with one attached hydrogen (secondary N) is 1. The minimum Gasteiger partial charge on any atom is -0.508 e. The zero-order valence-electron chi connectivity index (χ0n) is 11.5. The summed E-state index contributed by atoms with van der Waals surface area (Å²) in [5.74, 6) is 0.912. The van der Waals surface area contributed by atoms with Crippen molar-refractivity contribution in [1.29, 1.82) is 0 Å².